The van der Waals surface area contributed by atoms with Crippen molar-refractivity contribution >= 4 is 28.6 Å². The van der Waals surface area contributed by atoms with E-state index >= 15 is 0 Å². The van der Waals surface area contributed by atoms with Crippen LogP contribution in [0.3, 0.4) is 0 Å². The Bertz CT molecular complexity index is 505. The lowest BCUT2D eigenvalue weighted by atomic mass is 10.1. The molecule has 0 bridgehead atoms. The maximum Gasteiger partial charge on any atom is 0.0931 e. The molecule has 0 saturated heterocycles. The molecule has 96 valence electrons. The van der Waals surface area contributed by atoms with Crippen LogP contribution in [0.5, 0.6) is 0 Å². The van der Waals surface area contributed by atoms with E-state index in [0.29, 0.717) is 0 Å². The monoisotopic (exact) mass is 280 g/mol. The molecule has 18 heavy (non-hydrogen) atoms. The van der Waals surface area contributed by atoms with E-state index in [1.54, 1.807) is 11.3 Å². The SMILES string of the molecule is CNC(c1ccc(N(C)C)cc1)c1ccc(Cl)s1. The number of hydrogen-bond acceptors (Lipinski definition) is 3. The number of benzene rings is 1. The second kappa shape index (κ2) is 5.74. The predicted octanol–water partition coefficient (Wildman–Crippen LogP) is 3.78. The van der Waals surface area contributed by atoms with Gasteiger partial charge in [0.2, 0.25) is 0 Å². The van der Waals surface area contributed by atoms with Crippen LogP contribution in [-0.2, 0) is 0 Å². The van der Waals surface area contributed by atoms with Gasteiger partial charge >= 0.3 is 0 Å². The number of nitrogens with zero attached hydrogens (tertiary/aromatic N) is 1. The van der Waals surface area contributed by atoms with Gasteiger partial charge in [0.05, 0.1) is 10.4 Å². The number of rotatable bonds is 4. The van der Waals surface area contributed by atoms with E-state index < -0.39 is 0 Å². The van der Waals surface area contributed by atoms with Crippen LogP contribution in [0, 0.1) is 0 Å². The van der Waals surface area contributed by atoms with Gasteiger partial charge in [0.15, 0.2) is 0 Å². The van der Waals surface area contributed by atoms with Crippen molar-refractivity contribution < 1.29 is 0 Å². The summed E-state index contributed by atoms with van der Waals surface area (Å²) in [4.78, 5) is 3.33. The number of hydrogen-bond donors (Lipinski definition) is 1. The molecule has 0 aliphatic carbocycles. The summed E-state index contributed by atoms with van der Waals surface area (Å²) < 4.78 is 0.829. The average molecular weight is 281 g/mol. The molecule has 2 nitrogen and oxygen atoms in total. The highest BCUT2D eigenvalue weighted by molar-refractivity contribution is 7.16. The molecule has 1 N–H and O–H groups in total. The Labute approximate surface area is 117 Å². The first kappa shape index (κ1) is 13.4. The highest BCUT2D eigenvalue weighted by atomic mass is 35.5. The normalized spacial score (nSPS) is 12.4. The Kier molecular flexibility index (Phi) is 4.27. The molecule has 1 atom stereocenters. The summed E-state index contributed by atoms with van der Waals surface area (Å²) in [6.45, 7) is 0. The van der Waals surface area contributed by atoms with E-state index in [2.05, 4.69) is 40.5 Å². The molecule has 2 aromatic rings. The van der Waals surface area contributed by atoms with Gasteiger partial charge in [-0.3, -0.25) is 0 Å². The van der Waals surface area contributed by atoms with Gasteiger partial charge in [0.25, 0.3) is 0 Å². The fourth-order valence-electron chi connectivity index (χ4n) is 1.92. The number of halogens is 1. The van der Waals surface area contributed by atoms with Crippen LogP contribution in [0.15, 0.2) is 36.4 Å². The van der Waals surface area contributed by atoms with Crippen molar-refractivity contribution in [3.05, 3.63) is 51.2 Å². The molecule has 1 heterocycles. The van der Waals surface area contributed by atoms with Gasteiger partial charge in [-0.25, -0.2) is 0 Å². The van der Waals surface area contributed by atoms with Crippen LogP contribution >= 0.6 is 22.9 Å². The van der Waals surface area contributed by atoms with Crippen LogP contribution < -0.4 is 10.2 Å². The van der Waals surface area contributed by atoms with Gasteiger partial charge in [0, 0.05) is 24.7 Å². The molecule has 0 aliphatic heterocycles. The van der Waals surface area contributed by atoms with Crippen molar-refractivity contribution in [2.24, 2.45) is 0 Å². The predicted molar refractivity (Wildman–Crippen MR) is 81.0 cm³/mol. The van der Waals surface area contributed by atoms with E-state index in [4.69, 9.17) is 11.6 Å². The lowest BCUT2D eigenvalue weighted by molar-refractivity contribution is 0.704. The third kappa shape index (κ3) is 2.86. The quantitative estimate of drug-likeness (QED) is 0.917. The summed E-state index contributed by atoms with van der Waals surface area (Å²) >= 11 is 7.62. The smallest absolute Gasteiger partial charge is 0.0931 e. The first-order valence-corrected chi connectivity index (χ1v) is 7.01. The van der Waals surface area contributed by atoms with Crippen LogP contribution in [0.1, 0.15) is 16.5 Å². The molecular weight excluding hydrogens is 264 g/mol. The van der Waals surface area contributed by atoms with Crippen molar-refractivity contribution in [3.63, 3.8) is 0 Å². The summed E-state index contributed by atoms with van der Waals surface area (Å²) in [5.74, 6) is 0. The number of nitrogens with one attached hydrogen (secondary N) is 1. The Hall–Kier alpha value is -1.03. The second-order valence-electron chi connectivity index (χ2n) is 4.35. The van der Waals surface area contributed by atoms with Gasteiger partial charge in [0.1, 0.15) is 0 Å². The average Bonchev–Trinajstić information content (AvgIpc) is 2.77. The number of anilines is 1. The number of thiophene rings is 1. The summed E-state index contributed by atoms with van der Waals surface area (Å²) in [6, 6.07) is 12.8. The van der Waals surface area contributed by atoms with Gasteiger partial charge in [-0.15, -0.1) is 11.3 Å². The van der Waals surface area contributed by atoms with Crippen molar-refractivity contribution in [1.29, 1.82) is 0 Å². The van der Waals surface area contributed by atoms with Gasteiger partial charge in [-0.05, 0) is 36.9 Å². The standard InChI is InChI=1S/C14H17ClN2S/c1-16-14(12-8-9-13(15)18-12)10-4-6-11(7-5-10)17(2)3/h4-9,14,16H,1-3H3. The third-order valence-corrected chi connectivity index (χ3v) is 4.21. The highest BCUT2D eigenvalue weighted by Gasteiger charge is 2.14. The Balaban J connectivity index is 2.28. The van der Waals surface area contributed by atoms with Crippen molar-refractivity contribution in [2.45, 2.75) is 6.04 Å². The molecule has 0 aliphatic rings. The maximum absolute atomic E-state index is 6.00. The summed E-state index contributed by atoms with van der Waals surface area (Å²) in [6.07, 6.45) is 0. The van der Waals surface area contributed by atoms with Gasteiger partial charge in [-0.1, -0.05) is 23.7 Å². The second-order valence-corrected chi connectivity index (χ2v) is 6.10. The van der Waals surface area contributed by atoms with E-state index in [1.807, 2.05) is 27.2 Å². The van der Waals surface area contributed by atoms with Crippen molar-refractivity contribution in [2.75, 3.05) is 26.0 Å². The zero-order valence-electron chi connectivity index (χ0n) is 10.8. The molecule has 1 aromatic carbocycles. The lowest BCUT2D eigenvalue weighted by Crippen LogP contribution is -2.16. The molecule has 1 unspecified atom stereocenters. The Morgan fingerprint density at radius 3 is 2.22 bits per heavy atom. The maximum atomic E-state index is 6.00. The lowest BCUT2D eigenvalue weighted by Gasteiger charge is -2.17. The van der Waals surface area contributed by atoms with E-state index in [9.17, 15) is 0 Å². The molecule has 0 saturated carbocycles. The topological polar surface area (TPSA) is 15.3 Å². The molecule has 0 fully saturated rings. The summed E-state index contributed by atoms with van der Waals surface area (Å²) in [7, 11) is 6.06. The zero-order valence-corrected chi connectivity index (χ0v) is 12.3. The van der Waals surface area contributed by atoms with E-state index in [1.165, 1.54) is 16.1 Å². The van der Waals surface area contributed by atoms with Crippen LogP contribution in [-0.4, -0.2) is 21.1 Å². The van der Waals surface area contributed by atoms with Crippen LogP contribution in [0.4, 0.5) is 5.69 Å². The minimum Gasteiger partial charge on any atom is -0.378 e. The molecule has 2 rings (SSSR count). The first-order valence-electron chi connectivity index (χ1n) is 5.81. The summed E-state index contributed by atoms with van der Waals surface area (Å²) in [5, 5.41) is 3.33. The van der Waals surface area contributed by atoms with Crippen LogP contribution in [0.25, 0.3) is 0 Å². The zero-order chi connectivity index (χ0) is 13.1. The van der Waals surface area contributed by atoms with Gasteiger partial charge in [-0.2, -0.15) is 0 Å². The molecule has 1 aromatic heterocycles. The minimum absolute atomic E-state index is 0.207. The highest BCUT2D eigenvalue weighted by Crippen LogP contribution is 2.31. The molecule has 0 radical (unpaired) electrons. The Morgan fingerprint density at radius 1 is 1.11 bits per heavy atom. The Morgan fingerprint density at radius 2 is 1.78 bits per heavy atom. The summed E-state index contributed by atoms with van der Waals surface area (Å²) in [5.41, 5.74) is 2.46. The van der Waals surface area contributed by atoms with Crippen molar-refractivity contribution in [1.82, 2.24) is 5.32 Å². The molecule has 4 heteroatoms. The third-order valence-electron chi connectivity index (χ3n) is 2.91. The van der Waals surface area contributed by atoms with Crippen molar-refractivity contribution in [3.8, 4) is 0 Å². The molecular formula is C14H17ClN2S. The first-order chi connectivity index (χ1) is 8.61. The molecule has 0 amide bonds. The van der Waals surface area contributed by atoms with Crippen LogP contribution in [0.2, 0.25) is 4.34 Å². The fraction of sp³-hybridized carbons (Fsp3) is 0.286. The molecule has 0 spiro atoms. The van der Waals surface area contributed by atoms with Gasteiger partial charge < -0.3 is 10.2 Å². The van der Waals surface area contributed by atoms with E-state index in [0.717, 1.165) is 4.34 Å². The fourth-order valence-corrected chi connectivity index (χ4v) is 3.12. The minimum atomic E-state index is 0.207. The largest absolute Gasteiger partial charge is 0.378 e. The van der Waals surface area contributed by atoms with E-state index in [-0.39, 0.29) is 6.04 Å².